The summed E-state index contributed by atoms with van der Waals surface area (Å²) in [4.78, 5) is 0.209. The first-order valence-electron chi connectivity index (χ1n) is 6.88. The third kappa shape index (κ3) is 4.78. The summed E-state index contributed by atoms with van der Waals surface area (Å²) in [6, 6.07) is 13.8. The van der Waals surface area contributed by atoms with Crippen molar-refractivity contribution in [1.29, 1.82) is 0 Å². The molecule has 1 atom stereocenters. The molecule has 0 amide bonds. The van der Waals surface area contributed by atoms with Crippen LogP contribution in [0.4, 0.5) is 0 Å². The van der Waals surface area contributed by atoms with Crippen LogP contribution in [0.2, 0.25) is 0 Å². The summed E-state index contributed by atoms with van der Waals surface area (Å²) in [7, 11) is -0.468. The van der Waals surface area contributed by atoms with Gasteiger partial charge in [0, 0.05) is 18.1 Å². The van der Waals surface area contributed by atoms with E-state index in [1.165, 1.54) is 7.11 Å². The van der Waals surface area contributed by atoms with E-state index >= 15 is 0 Å². The van der Waals surface area contributed by atoms with Crippen LogP contribution in [0.3, 0.4) is 0 Å². The number of rotatable bonds is 7. The molecule has 0 aliphatic carbocycles. The van der Waals surface area contributed by atoms with Crippen LogP contribution in [0, 0.1) is 0 Å². The predicted octanol–water partition coefficient (Wildman–Crippen LogP) is 3.12. The Morgan fingerprint density at radius 2 is 1.83 bits per heavy atom. The Balaban J connectivity index is 2.11. The molecule has 2 rings (SSSR count). The van der Waals surface area contributed by atoms with Crippen LogP contribution < -0.4 is 9.46 Å². The summed E-state index contributed by atoms with van der Waals surface area (Å²) in [6.07, 6.45) is -0.407. The first kappa shape index (κ1) is 17.9. The Bertz CT molecular complexity index is 747. The van der Waals surface area contributed by atoms with Gasteiger partial charge in [-0.3, -0.25) is 0 Å². The maximum Gasteiger partial charge on any atom is 0.240 e. The summed E-state index contributed by atoms with van der Waals surface area (Å²) in [5, 5.41) is 0. The first-order chi connectivity index (χ1) is 11.0. The summed E-state index contributed by atoms with van der Waals surface area (Å²) < 4.78 is 38.6. The molecular formula is C16H18BrNO4S. The highest BCUT2D eigenvalue weighted by Crippen LogP contribution is 2.22. The van der Waals surface area contributed by atoms with Crippen LogP contribution in [0.15, 0.2) is 57.9 Å². The zero-order valence-corrected chi connectivity index (χ0v) is 15.2. The smallest absolute Gasteiger partial charge is 0.240 e. The normalized spacial score (nSPS) is 12.8. The lowest BCUT2D eigenvalue weighted by atomic mass is 10.1. The predicted molar refractivity (Wildman–Crippen MR) is 92.1 cm³/mol. The minimum Gasteiger partial charge on any atom is -0.497 e. The summed E-state index contributed by atoms with van der Waals surface area (Å²) in [6.45, 7) is 0.127. The van der Waals surface area contributed by atoms with E-state index in [4.69, 9.17) is 9.47 Å². The number of methoxy groups -OCH3 is 2. The molecule has 2 aromatic rings. The van der Waals surface area contributed by atoms with Crippen molar-refractivity contribution in [3.05, 3.63) is 58.6 Å². The van der Waals surface area contributed by atoms with Gasteiger partial charge >= 0.3 is 0 Å². The molecule has 1 N–H and O–H groups in total. The number of hydrogen-bond donors (Lipinski definition) is 1. The van der Waals surface area contributed by atoms with Gasteiger partial charge in [0.15, 0.2) is 0 Å². The summed E-state index contributed by atoms with van der Waals surface area (Å²) in [5.41, 5.74) is 0.838. The number of benzene rings is 2. The number of hydrogen-bond acceptors (Lipinski definition) is 4. The van der Waals surface area contributed by atoms with Gasteiger partial charge in [-0.05, 0) is 42.0 Å². The van der Waals surface area contributed by atoms with Crippen LogP contribution in [0.5, 0.6) is 5.75 Å². The fraction of sp³-hybridized carbons (Fsp3) is 0.250. The molecule has 0 bridgehead atoms. The van der Waals surface area contributed by atoms with Crippen molar-refractivity contribution in [1.82, 2.24) is 4.72 Å². The Kier molecular flexibility index (Phi) is 6.17. The van der Waals surface area contributed by atoms with Gasteiger partial charge < -0.3 is 9.47 Å². The first-order valence-corrected chi connectivity index (χ1v) is 9.16. The van der Waals surface area contributed by atoms with Crippen molar-refractivity contribution in [2.24, 2.45) is 0 Å². The zero-order valence-electron chi connectivity index (χ0n) is 12.8. The molecule has 0 aromatic heterocycles. The molecule has 0 radical (unpaired) electrons. The maximum absolute atomic E-state index is 12.3. The van der Waals surface area contributed by atoms with Gasteiger partial charge in [0.2, 0.25) is 10.0 Å². The van der Waals surface area contributed by atoms with E-state index in [-0.39, 0.29) is 11.4 Å². The van der Waals surface area contributed by atoms with E-state index < -0.39 is 16.1 Å². The van der Waals surface area contributed by atoms with Crippen LogP contribution in [0.1, 0.15) is 11.7 Å². The average molecular weight is 400 g/mol. The molecule has 0 aliphatic rings. The molecule has 5 nitrogen and oxygen atoms in total. The summed E-state index contributed by atoms with van der Waals surface area (Å²) >= 11 is 3.28. The Labute approximate surface area is 144 Å². The van der Waals surface area contributed by atoms with Gasteiger partial charge in [-0.25, -0.2) is 13.1 Å². The molecule has 0 saturated heterocycles. The molecular weight excluding hydrogens is 382 g/mol. The lowest BCUT2D eigenvalue weighted by Crippen LogP contribution is -2.29. The van der Waals surface area contributed by atoms with Crippen LogP contribution in [-0.4, -0.2) is 29.2 Å². The van der Waals surface area contributed by atoms with Crippen molar-refractivity contribution in [3.8, 4) is 5.75 Å². The third-order valence-electron chi connectivity index (χ3n) is 3.33. The van der Waals surface area contributed by atoms with E-state index in [9.17, 15) is 8.42 Å². The second-order valence-electron chi connectivity index (χ2n) is 4.81. The van der Waals surface area contributed by atoms with E-state index in [1.54, 1.807) is 31.4 Å². The quantitative estimate of drug-likeness (QED) is 0.776. The SMILES string of the molecule is COc1cccc(C(CNS(=O)(=O)c2ccc(Br)cc2)OC)c1. The number of halogens is 1. The van der Waals surface area contributed by atoms with E-state index in [0.29, 0.717) is 5.75 Å². The van der Waals surface area contributed by atoms with Crippen LogP contribution in [-0.2, 0) is 14.8 Å². The van der Waals surface area contributed by atoms with Crippen molar-refractivity contribution in [2.75, 3.05) is 20.8 Å². The number of ether oxygens (including phenoxy) is 2. The second kappa shape index (κ2) is 7.92. The van der Waals surface area contributed by atoms with Crippen molar-refractivity contribution >= 4 is 26.0 Å². The fourth-order valence-corrected chi connectivity index (χ4v) is 3.36. The van der Waals surface area contributed by atoms with Gasteiger partial charge in [0.25, 0.3) is 0 Å². The average Bonchev–Trinajstić information content (AvgIpc) is 2.56. The van der Waals surface area contributed by atoms with E-state index in [0.717, 1.165) is 10.0 Å². The highest BCUT2D eigenvalue weighted by Gasteiger charge is 2.18. The lowest BCUT2D eigenvalue weighted by molar-refractivity contribution is 0.107. The highest BCUT2D eigenvalue weighted by molar-refractivity contribution is 9.10. The largest absolute Gasteiger partial charge is 0.497 e. The number of sulfonamides is 1. The van der Waals surface area contributed by atoms with Crippen molar-refractivity contribution in [3.63, 3.8) is 0 Å². The van der Waals surface area contributed by atoms with Gasteiger partial charge in [-0.15, -0.1) is 0 Å². The van der Waals surface area contributed by atoms with E-state index in [2.05, 4.69) is 20.7 Å². The molecule has 124 valence electrons. The van der Waals surface area contributed by atoms with Crippen LogP contribution >= 0.6 is 15.9 Å². The molecule has 1 unspecified atom stereocenters. The monoisotopic (exact) mass is 399 g/mol. The minimum absolute atomic E-state index is 0.127. The molecule has 23 heavy (non-hydrogen) atoms. The molecule has 0 fully saturated rings. The second-order valence-corrected chi connectivity index (χ2v) is 7.49. The van der Waals surface area contributed by atoms with E-state index in [1.807, 2.05) is 24.3 Å². The maximum atomic E-state index is 12.3. The van der Waals surface area contributed by atoms with Crippen LogP contribution in [0.25, 0.3) is 0 Å². The van der Waals surface area contributed by atoms with Crippen molar-refractivity contribution in [2.45, 2.75) is 11.0 Å². The number of nitrogens with one attached hydrogen (secondary N) is 1. The highest BCUT2D eigenvalue weighted by atomic mass is 79.9. The topological polar surface area (TPSA) is 64.6 Å². The minimum atomic E-state index is -3.59. The Morgan fingerprint density at radius 3 is 2.43 bits per heavy atom. The zero-order chi connectivity index (χ0) is 16.9. The lowest BCUT2D eigenvalue weighted by Gasteiger charge is -2.17. The standard InChI is InChI=1S/C16H18BrNO4S/c1-21-14-5-3-4-12(10-14)16(22-2)11-18-23(19,20)15-8-6-13(17)7-9-15/h3-10,16,18H,11H2,1-2H3. The van der Waals surface area contributed by atoms with Gasteiger partial charge in [-0.2, -0.15) is 0 Å². The van der Waals surface area contributed by atoms with Gasteiger partial charge in [0.05, 0.1) is 18.1 Å². The molecule has 0 heterocycles. The Morgan fingerprint density at radius 1 is 1.13 bits per heavy atom. The Hall–Kier alpha value is -1.41. The van der Waals surface area contributed by atoms with Gasteiger partial charge in [-0.1, -0.05) is 28.1 Å². The molecule has 0 spiro atoms. The fourth-order valence-electron chi connectivity index (χ4n) is 2.06. The van der Waals surface area contributed by atoms with Gasteiger partial charge in [0.1, 0.15) is 5.75 Å². The summed E-state index contributed by atoms with van der Waals surface area (Å²) in [5.74, 6) is 0.695. The third-order valence-corrected chi connectivity index (χ3v) is 5.30. The molecule has 2 aromatic carbocycles. The molecule has 0 saturated carbocycles. The molecule has 7 heteroatoms. The molecule has 0 aliphatic heterocycles. The van der Waals surface area contributed by atoms with Crippen molar-refractivity contribution < 1.29 is 17.9 Å².